The molecule has 1 N–H and O–H groups in total. The van der Waals surface area contributed by atoms with E-state index in [1.54, 1.807) is 0 Å². The molecule has 0 aromatic carbocycles. The van der Waals surface area contributed by atoms with Gasteiger partial charge in [0, 0.05) is 19.4 Å². The van der Waals surface area contributed by atoms with Gasteiger partial charge in [-0.1, -0.05) is 0 Å². The summed E-state index contributed by atoms with van der Waals surface area (Å²) in [5.41, 5.74) is 0. The number of carbonyl (C=O) groups excluding carboxylic acids is 2. The predicted octanol–water partition coefficient (Wildman–Crippen LogP) is -0.452. The number of ether oxygens (including phenoxy) is 2. The van der Waals surface area contributed by atoms with Crippen LogP contribution in [0.15, 0.2) is 0 Å². The summed E-state index contributed by atoms with van der Waals surface area (Å²) in [6.45, 7) is 1.02. The summed E-state index contributed by atoms with van der Waals surface area (Å²) in [4.78, 5) is 24.2. The van der Waals surface area contributed by atoms with Crippen LogP contribution in [0.2, 0.25) is 0 Å². The number of rotatable bonds is 5. The van der Waals surface area contributed by atoms with E-state index in [1.807, 2.05) is 4.90 Å². The molecule has 0 spiro atoms. The number of hydrogen-bond donors (Lipinski definition) is 1. The first-order chi connectivity index (χ1) is 8.08. The molecule has 1 fully saturated rings. The van der Waals surface area contributed by atoms with Gasteiger partial charge in [-0.3, -0.25) is 14.5 Å². The van der Waals surface area contributed by atoms with Crippen LogP contribution in [0.1, 0.15) is 19.3 Å². The number of aliphatic hydroxyl groups is 1. The SMILES string of the molecule is COC(=O)CCCN1CC(O)CC1C(=O)OC. The van der Waals surface area contributed by atoms with E-state index in [0.29, 0.717) is 32.4 Å². The van der Waals surface area contributed by atoms with Crippen LogP contribution >= 0.6 is 0 Å². The minimum Gasteiger partial charge on any atom is -0.469 e. The average molecular weight is 245 g/mol. The number of β-amino-alcohol motifs (C(OH)–C–C–N with tert-alkyl or cyclic N) is 1. The minimum absolute atomic E-state index is 0.264. The van der Waals surface area contributed by atoms with Crippen molar-refractivity contribution in [3.63, 3.8) is 0 Å². The van der Waals surface area contributed by atoms with Crippen molar-refractivity contribution in [1.82, 2.24) is 4.90 Å². The second-order valence-corrected chi connectivity index (χ2v) is 4.10. The molecule has 0 aromatic heterocycles. The fourth-order valence-corrected chi connectivity index (χ4v) is 2.04. The van der Waals surface area contributed by atoms with E-state index in [0.717, 1.165) is 0 Å². The fourth-order valence-electron chi connectivity index (χ4n) is 2.04. The highest BCUT2D eigenvalue weighted by Gasteiger charge is 2.36. The number of likely N-dealkylation sites (tertiary alicyclic amines) is 1. The molecular weight excluding hydrogens is 226 g/mol. The normalized spacial score (nSPS) is 24.6. The lowest BCUT2D eigenvalue weighted by Gasteiger charge is -2.21. The maximum absolute atomic E-state index is 11.5. The largest absolute Gasteiger partial charge is 0.469 e. The zero-order chi connectivity index (χ0) is 12.8. The molecule has 98 valence electrons. The van der Waals surface area contributed by atoms with Crippen molar-refractivity contribution in [3.8, 4) is 0 Å². The lowest BCUT2D eigenvalue weighted by atomic mass is 10.2. The Morgan fingerprint density at radius 3 is 2.65 bits per heavy atom. The topological polar surface area (TPSA) is 76.1 Å². The number of nitrogens with zero attached hydrogens (tertiary/aromatic N) is 1. The molecule has 1 aliphatic rings. The Morgan fingerprint density at radius 1 is 1.35 bits per heavy atom. The van der Waals surface area contributed by atoms with Crippen molar-refractivity contribution in [2.75, 3.05) is 27.3 Å². The van der Waals surface area contributed by atoms with Crippen LogP contribution in [0.5, 0.6) is 0 Å². The van der Waals surface area contributed by atoms with Crippen molar-refractivity contribution in [3.05, 3.63) is 0 Å². The van der Waals surface area contributed by atoms with Gasteiger partial charge in [-0.05, 0) is 13.0 Å². The maximum atomic E-state index is 11.5. The summed E-state index contributed by atoms with van der Waals surface area (Å²) >= 11 is 0. The van der Waals surface area contributed by atoms with Gasteiger partial charge in [0.1, 0.15) is 6.04 Å². The van der Waals surface area contributed by atoms with Gasteiger partial charge in [0.25, 0.3) is 0 Å². The fraction of sp³-hybridized carbons (Fsp3) is 0.818. The second kappa shape index (κ2) is 6.56. The zero-order valence-electron chi connectivity index (χ0n) is 10.2. The molecule has 6 nitrogen and oxygen atoms in total. The molecule has 1 aliphatic heterocycles. The summed E-state index contributed by atoms with van der Waals surface area (Å²) in [5.74, 6) is -0.598. The summed E-state index contributed by atoms with van der Waals surface area (Å²) < 4.78 is 9.21. The van der Waals surface area contributed by atoms with Crippen LogP contribution < -0.4 is 0 Å². The Kier molecular flexibility index (Phi) is 5.37. The van der Waals surface area contributed by atoms with E-state index in [2.05, 4.69) is 9.47 Å². The van der Waals surface area contributed by atoms with Crippen LogP contribution in [-0.4, -0.2) is 61.4 Å². The quantitative estimate of drug-likeness (QED) is 0.661. The van der Waals surface area contributed by atoms with Crippen LogP contribution in [0.25, 0.3) is 0 Å². The molecule has 2 unspecified atom stereocenters. The minimum atomic E-state index is -0.503. The molecule has 0 aliphatic carbocycles. The van der Waals surface area contributed by atoms with Gasteiger partial charge in [0.2, 0.25) is 0 Å². The Bertz CT molecular complexity index is 281. The molecule has 0 bridgehead atoms. The van der Waals surface area contributed by atoms with Gasteiger partial charge in [-0.2, -0.15) is 0 Å². The number of carbonyl (C=O) groups is 2. The third-order valence-corrected chi connectivity index (χ3v) is 2.91. The molecule has 1 saturated heterocycles. The first kappa shape index (κ1) is 13.9. The van der Waals surface area contributed by atoms with Gasteiger partial charge >= 0.3 is 11.9 Å². The van der Waals surface area contributed by atoms with E-state index in [-0.39, 0.29) is 11.9 Å². The van der Waals surface area contributed by atoms with Gasteiger partial charge in [-0.15, -0.1) is 0 Å². The molecule has 0 amide bonds. The molecule has 1 rings (SSSR count). The molecule has 0 radical (unpaired) electrons. The summed E-state index contributed by atoms with van der Waals surface area (Å²) in [7, 11) is 2.68. The van der Waals surface area contributed by atoms with Crippen molar-refractivity contribution in [1.29, 1.82) is 0 Å². The first-order valence-corrected chi connectivity index (χ1v) is 5.65. The Morgan fingerprint density at radius 2 is 2.06 bits per heavy atom. The van der Waals surface area contributed by atoms with Gasteiger partial charge < -0.3 is 14.6 Å². The number of aliphatic hydroxyl groups excluding tert-OH is 1. The van der Waals surface area contributed by atoms with Crippen molar-refractivity contribution in [2.45, 2.75) is 31.4 Å². The number of esters is 2. The first-order valence-electron chi connectivity index (χ1n) is 5.65. The van der Waals surface area contributed by atoms with Gasteiger partial charge in [-0.25, -0.2) is 0 Å². The molecule has 0 saturated carbocycles. The number of methoxy groups -OCH3 is 2. The van der Waals surface area contributed by atoms with Gasteiger partial charge in [0.15, 0.2) is 0 Å². The molecule has 17 heavy (non-hydrogen) atoms. The molecular formula is C11H19NO5. The predicted molar refractivity (Wildman–Crippen MR) is 59.3 cm³/mol. The lowest BCUT2D eigenvalue weighted by molar-refractivity contribution is -0.145. The van der Waals surface area contributed by atoms with Crippen molar-refractivity contribution < 1.29 is 24.2 Å². The monoisotopic (exact) mass is 245 g/mol. The van der Waals surface area contributed by atoms with Gasteiger partial charge in [0.05, 0.1) is 20.3 Å². The summed E-state index contributed by atoms with van der Waals surface area (Å²) in [6.07, 6.45) is 0.812. The standard InChI is InChI=1S/C11H19NO5/c1-16-10(14)4-3-5-12-7-8(13)6-9(12)11(15)17-2/h8-9,13H,3-7H2,1-2H3. The zero-order valence-corrected chi connectivity index (χ0v) is 10.2. The van der Waals surface area contributed by atoms with Crippen LogP contribution in [0, 0.1) is 0 Å². The van der Waals surface area contributed by atoms with Crippen LogP contribution in [0.4, 0.5) is 0 Å². The molecule has 1 heterocycles. The van der Waals surface area contributed by atoms with E-state index < -0.39 is 12.1 Å². The molecule has 2 atom stereocenters. The van der Waals surface area contributed by atoms with E-state index in [1.165, 1.54) is 14.2 Å². The van der Waals surface area contributed by atoms with E-state index in [9.17, 15) is 14.7 Å². The van der Waals surface area contributed by atoms with E-state index in [4.69, 9.17) is 0 Å². The summed E-state index contributed by atoms with van der Waals surface area (Å²) in [6, 6.07) is -0.396. The van der Waals surface area contributed by atoms with Crippen molar-refractivity contribution >= 4 is 11.9 Å². The highest BCUT2D eigenvalue weighted by molar-refractivity contribution is 5.76. The summed E-state index contributed by atoms with van der Waals surface area (Å²) in [5, 5.41) is 9.53. The maximum Gasteiger partial charge on any atom is 0.323 e. The molecule has 0 aromatic rings. The highest BCUT2D eigenvalue weighted by Crippen LogP contribution is 2.19. The Labute approximate surface area is 100 Å². The number of hydrogen-bond acceptors (Lipinski definition) is 6. The highest BCUT2D eigenvalue weighted by atomic mass is 16.5. The third kappa shape index (κ3) is 3.98. The Hall–Kier alpha value is -1.14. The second-order valence-electron chi connectivity index (χ2n) is 4.10. The van der Waals surface area contributed by atoms with Crippen molar-refractivity contribution in [2.24, 2.45) is 0 Å². The smallest absolute Gasteiger partial charge is 0.323 e. The Balaban J connectivity index is 2.39. The van der Waals surface area contributed by atoms with Crippen LogP contribution in [-0.2, 0) is 19.1 Å². The third-order valence-electron chi connectivity index (χ3n) is 2.91. The molecule has 6 heteroatoms. The average Bonchev–Trinajstić information content (AvgIpc) is 2.69. The lowest BCUT2D eigenvalue weighted by Crippen LogP contribution is -2.37. The van der Waals surface area contributed by atoms with E-state index >= 15 is 0 Å². The van der Waals surface area contributed by atoms with Crippen LogP contribution in [0.3, 0.4) is 0 Å².